The Hall–Kier alpha value is -3.01. The normalized spacial score (nSPS) is 11.8. The minimum atomic E-state index is -3.04. The summed E-state index contributed by atoms with van der Waals surface area (Å²) in [6, 6.07) is 30.2. The van der Waals surface area contributed by atoms with Gasteiger partial charge in [0.15, 0.2) is 0 Å². The molecule has 0 fully saturated rings. The van der Waals surface area contributed by atoms with Crippen molar-refractivity contribution in [1.82, 2.24) is 0 Å². The van der Waals surface area contributed by atoms with E-state index in [9.17, 15) is 13.2 Å². The molecule has 0 aliphatic heterocycles. The van der Waals surface area contributed by atoms with Gasteiger partial charge in [0.05, 0.1) is 0 Å². The van der Waals surface area contributed by atoms with Gasteiger partial charge in [-0.15, -0.1) is 0 Å². The third-order valence-electron chi connectivity index (χ3n) is 6.75. The van der Waals surface area contributed by atoms with E-state index in [1.165, 1.54) is 0 Å². The second-order valence-corrected chi connectivity index (χ2v) is 18.5. The van der Waals surface area contributed by atoms with Gasteiger partial charge in [0.25, 0.3) is 0 Å². The van der Waals surface area contributed by atoms with Crippen LogP contribution in [-0.2, 0) is 5.97 Å². The summed E-state index contributed by atoms with van der Waals surface area (Å²) < 4.78 is 95.1. The van der Waals surface area contributed by atoms with E-state index in [1.54, 1.807) is 0 Å². The van der Waals surface area contributed by atoms with E-state index in [2.05, 4.69) is 0 Å². The molecule has 0 amide bonds. The fourth-order valence-electron chi connectivity index (χ4n) is 4.37. The molecule has 5 aromatic rings. The molecule has 0 unspecified atom stereocenters. The molecule has 0 spiro atoms. The monoisotopic (exact) mass is 844 g/mol. The molecule has 11 heteroatoms. The van der Waals surface area contributed by atoms with Gasteiger partial charge < -0.3 is 0 Å². The predicted molar refractivity (Wildman–Crippen MR) is 182 cm³/mol. The molecule has 0 aliphatic carbocycles. The van der Waals surface area contributed by atoms with Crippen LogP contribution in [0.3, 0.4) is 0 Å². The Balaban J connectivity index is 1.69. The zero-order valence-electron chi connectivity index (χ0n) is 24.7. The number of hydrogen-bond donors (Lipinski definition) is 0. The van der Waals surface area contributed by atoms with Crippen molar-refractivity contribution in [3.8, 4) is 5.75 Å². The molecule has 0 radical (unpaired) electrons. The predicted octanol–water partition coefficient (Wildman–Crippen LogP) is 10.3. The minimum absolute atomic E-state index is 0.859. The third-order valence-corrected chi connectivity index (χ3v) is 17.7. The van der Waals surface area contributed by atoms with Gasteiger partial charge in [0.2, 0.25) is 0 Å². The summed E-state index contributed by atoms with van der Waals surface area (Å²) in [7, 11) is -1.83. The van der Waals surface area contributed by atoms with Crippen LogP contribution >= 0.6 is 40.5 Å². The van der Waals surface area contributed by atoms with Crippen LogP contribution in [0.2, 0.25) is 0 Å². The van der Waals surface area contributed by atoms with E-state index in [1.807, 2.05) is 125 Å². The SMILES string of the molecule is Cc1ccccc1I(OB(Oc1c(F)c(F)c(F)c(F)c1F)OI(c1ccccc1C)c1ccccc1C)c1ccccc1C. The van der Waals surface area contributed by atoms with Crippen LogP contribution in [0, 0.1) is 71.1 Å². The first-order valence-corrected chi connectivity index (χ1v) is 19.8. The van der Waals surface area contributed by atoms with E-state index >= 15 is 8.78 Å². The van der Waals surface area contributed by atoms with Crippen LogP contribution in [0.5, 0.6) is 5.75 Å². The van der Waals surface area contributed by atoms with E-state index in [0.29, 0.717) is 0 Å². The Morgan fingerprint density at radius 3 is 0.978 bits per heavy atom. The molecule has 234 valence electrons. The van der Waals surface area contributed by atoms with E-state index in [-0.39, 0.29) is 0 Å². The van der Waals surface area contributed by atoms with Crippen molar-refractivity contribution in [2.75, 3.05) is 0 Å². The van der Waals surface area contributed by atoms with Crippen LogP contribution in [0.25, 0.3) is 0 Å². The molecular formula is C34H28BF5I2O3. The maximum atomic E-state index is 15.1. The summed E-state index contributed by atoms with van der Waals surface area (Å²) in [5.74, 6) is -12.2. The summed E-state index contributed by atoms with van der Waals surface area (Å²) in [5, 5.41) is 0. The second-order valence-electron chi connectivity index (χ2n) is 9.98. The molecule has 3 nitrogen and oxygen atoms in total. The molecule has 0 N–H and O–H groups in total. The quantitative estimate of drug-likeness (QED) is 0.0461. The van der Waals surface area contributed by atoms with Crippen molar-refractivity contribution in [1.29, 1.82) is 0 Å². The van der Waals surface area contributed by atoms with Crippen LogP contribution in [0.15, 0.2) is 97.1 Å². The van der Waals surface area contributed by atoms with Crippen LogP contribution in [0.4, 0.5) is 22.0 Å². The summed E-state index contributed by atoms with van der Waals surface area (Å²) in [6.07, 6.45) is 0. The first-order valence-electron chi connectivity index (χ1n) is 13.7. The van der Waals surface area contributed by atoms with E-state index in [0.717, 1.165) is 36.5 Å². The molecule has 5 rings (SSSR count). The summed E-state index contributed by atoms with van der Waals surface area (Å²) >= 11 is -6.08. The van der Waals surface area contributed by atoms with E-state index in [4.69, 9.17) is 10.6 Å². The Bertz CT molecular complexity index is 1620. The maximum absolute atomic E-state index is 15.1. The van der Waals surface area contributed by atoms with Crippen molar-refractivity contribution in [3.63, 3.8) is 0 Å². The standard InChI is InChI=1S/C34H28BF5I2O3/c1-21-13-5-9-17-25(21)41(26-18-10-6-14-22(26)2)44-35(43-34-32(39)30(37)29(36)31(38)33(34)40)45-42(27-19-11-7-15-23(27)3)28-20-12-8-16-24(28)4/h5-20H,1-4H3. The van der Waals surface area contributed by atoms with Gasteiger partial charge >= 0.3 is 276 Å². The molecule has 5 aromatic carbocycles. The van der Waals surface area contributed by atoms with Crippen LogP contribution in [0.1, 0.15) is 22.3 Å². The molecule has 0 bridgehead atoms. The van der Waals surface area contributed by atoms with Gasteiger partial charge in [0, 0.05) is 0 Å². The van der Waals surface area contributed by atoms with Crippen molar-refractivity contribution in [3.05, 3.63) is 163 Å². The number of halogens is 7. The van der Waals surface area contributed by atoms with Crippen molar-refractivity contribution in [2.45, 2.75) is 27.7 Å². The van der Waals surface area contributed by atoms with Gasteiger partial charge in [-0.3, -0.25) is 0 Å². The fourth-order valence-corrected chi connectivity index (χ4v) is 14.3. The Morgan fingerprint density at radius 2 is 0.689 bits per heavy atom. The Morgan fingerprint density at radius 1 is 0.422 bits per heavy atom. The third kappa shape index (κ3) is 7.21. The molecule has 0 heterocycles. The summed E-state index contributed by atoms with van der Waals surface area (Å²) in [6.45, 7) is 7.67. The molecule has 0 atom stereocenters. The number of aryl methyl sites for hydroxylation is 4. The molecule has 0 saturated heterocycles. The van der Waals surface area contributed by atoms with Crippen molar-refractivity contribution in [2.24, 2.45) is 0 Å². The van der Waals surface area contributed by atoms with Crippen molar-refractivity contribution < 1.29 is 32.6 Å². The van der Waals surface area contributed by atoms with Crippen LogP contribution in [-0.4, -0.2) is 7.32 Å². The molecule has 0 aromatic heterocycles. The fraction of sp³-hybridized carbons (Fsp3) is 0.118. The first-order chi connectivity index (χ1) is 21.6. The van der Waals surface area contributed by atoms with Crippen LogP contribution < -0.4 is 4.65 Å². The number of hydrogen-bond acceptors (Lipinski definition) is 3. The topological polar surface area (TPSA) is 27.7 Å². The molecular weight excluding hydrogens is 816 g/mol. The van der Waals surface area contributed by atoms with E-state index < -0.39 is 82.6 Å². The van der Waals surface area contributed by atoms with Gasteiger partial charge in [-0.05, 0) is 0 Å². The van der Waals surface area contributed by atoms with Gasteiger partial charge in [-0.2, -0.15) is 0 Å². The first kappa shape index (κ1) is 33.4. The molecule has 45 heavy (non-hydrogen) atoms. The average Bonchev–Trinajstić information content (AvgIpc) is 3.04. The molecule has 0 aliphatic rings. The number of benzene rings is 5. The van der Waals surface area contributed by atoms with Gasteiger partial charge in [0.1, 0.15) is 0 Å². The summed E-state index contributed by atoms with van der Waals surface area (Å²) in [4.78, 5) is 0. The second kappa shape index (κ2) is 14.6. The van der Waals surface area contributed by atoms with Gasteiger partial charge in [-0.25, -0.2) is 0 Å². The Kier molecular flexibility index (Phi) is 10.8. The number of rotatable bonds is 10. The average molecular weight is 844 g/mol. The zero-order valence-corrected chi connectivity index (χ0v) is 29.0. The summed E-state index contributed by atoms with van der Waals surface area (Å²) in [5.41, 5.74) is 3.64. The zero-order chi connectivity index (χ0) is 32.2. The van der Waals surface area contributed by atoms with Gasteiger partial charge in [-0.1, -0.05) is 0 Å². The Labute approximate surface area is 274 Å². The molecule has 0 saturated carbocycles. The van der Waals surface area contributed by atoms with Crippen molar-refractivity contribution >= 4 is 47.8 Å².